The molecule has 0 saturated carbocycles. The van der Waals surface area contributed by atoms with Crippen molar-refractivity contribution < 1.29 is 23.5 Å². The van der Waals surface area contributed by atoms with Gasteiger partial charge in [0, 0.05) is 21.2 Å². The van der Waals surface area contributed by atoms with E-state index in [4.69, 9.17) is 13.9 Å². The minimum Gasteiger partial charge on any atom is -0.493 e. The minimum absolute atomic E-state index is 0.189. The molecular formula is C24H19BrN2O5. The zero-order valence-electron chi connectivity index (χ0n) is 17.1. The number of hydrogen-bond acceptors (Lipinski definition) is 5. The first-order valence-electron chi connectivity index (χ1n) is 9.68. The lowest BCUT2D eigenvalue weighted by molar-refractivity contribution is -0.118. The van der Waals surface area contributed by atoms with Gasteiger partial charge in [0.2, 0.25) is 0 Å². The number of rotatable bonds is 7. The molecule has 7 nitrogen and oxygen atoms in total. The lowest BCUT2D eigenvalue weighted by Gasteiger charge is -2.11. The molecule has 0 aliphatic carbocycles. The molecule has 0 radical (unpaired) electrons. The number of furan rings is 1. The van der Waals surface area contributed by atoms with Crippen LogP contribution in [-0.2, 0) is 4.79 Å². The average molecular weight is 495 g/mol. The summed E-state index contributed by atoms with van der Waals surface area (Å²) < 4.78 is 17.2. The Hall–Kier alpha value is -3.78. The Morgan fingerprint density at radius 3 is 2.44 bits per heavy atom. The number of carbonyl (C=O) groups excluding carboxylic acids is 2. The maximum Gasteiger partial charge on any atom is 0.291 e. The number of halogens is 1. The van der Waals surface area contributed by atoms with Crippen molar-refractivity contribution in [2.75, 3.05) is 24.4 Å². The zero-order chi connectivity index (χ0) is 22.5. The van der Waals surface area contributed by atoms with Gasteiger partial charge in [-0.25, -0.2) is 0 Å². The second kappa shape index (κ2) is 9.57. The van der Waals surface area contributed by atoms with Crippen LogP contribution in [-0.4, -0.2) is 25.5 Å². The van der Waals surface area contributed by atoms with Crippen LogP contribution in [0.5, 0.6) is 11.5 Å². The Morgan fingerprint density at radius 2 is 1.66 bits per heavy atom. The summed E-state index contributed by atoms with van der Waals surface area (Å²) in [5.41, 5.74) is 1.65. The van der Waals surface area contributed by atoms with Crippen molar-refractivity contribution in [3.8, 4) is 11.5 Å². The molecule has 3 aromatic carbocycles. The van der Waals surface area contributed by atoms with Crippen LogP contribution in [0, 0.1) is 0 Å². The zero-order valence-corrected chi connectivity index (χ0v) is 18.6. The molecule has 0 atom stereocenters. The molecule has 0 bridgehead atoms. The highest BCUT2D eigenvalue weighted by molar-refractivity contribution is 9.10. The van der Waals surface area contributed by atoms with E-state index < -0.39 is 0 Å². The maximum atomic E-state index is 12.6. The predicted molar refractivity (Wildman–Crippen MR) is 125 cm³/mol. The number of fused-ring (bicyclic) bond motifs is 1. The highest BCUT2D eigenvalue weighted by atomic mass is 79.9. The number of hydrogen-bond donors (Lipinski definition) is 2. The second-order valence-electron chi connectivity index (χ2n) is 6.82. The largest absolute Gasteiger partial charge is 0.493 e. The van der Waals surface area contributed by atoms with Gasteiger partial charge in [0.15, 0.2) is 23.9 Å². The Morgan fingerprint density at radius 1 is 0.906 bits per heavy atom. The molecule has 2 N–H and O–H groups in total. The van der Waals surface area contributed by atoms with E-state index >= 15 is 0 Å². The van der Waals surface area contributed by atoms with Gasteiger partial charge in [-0.3, -0.25) is 9.59 Å². The fourth-order valence-corrected chi connectivity index (χ4v) is 3.45. The molecule has 0 fully saturated rings. The molecule has 0 unspecified atom stereocenters. The molecule has 32 heavy (non-hydrogen) atoms. The van der Waals surface area contributed by atoms with E-state index in [9.17, 15) is 9.59 Å². The van der Waals surface area contributed by atoms with Crippen molar-refractivity contribution in [1.29, 1.82) is 0 Å². The average Bonchev–Trinajstić information content (AvgIpc) is 3.21. The van der Waals surface area contributed by atoms with Gasteiger partial charge in [-0.15, -0.1) is 0 Å². The monoisotopic (exact) mass is 494 g/mol. The molecule has 1 aromatic heterocycles. The first kappa shape index (κ1) is 21.5. The van der Waals surface area contributed by atoms with Crippen molar-refractivity contribution in [2.24, 2.45) is 0 Å². The van der Waals surface area contributed by atoms with Crippen molar-refractivity contribution in [3.05, 3.63) is 83.0 Å². The van der Waals surface area contributed by atoms with Crippen LogP contribution < -0.4 is 20.1 Å². The Labute approximate surface area is 192 Å². The fourth-order valence-electron chi connectivity index (χ4n) is 3.07. The molecule has 162 valence electrons. The van der Waals surface area contributed by atoms with Crippen LogP contribution in [0.15, 0.2) is 81.7 Å². The molecule has 4 rings (SSSR count). The van der Waals surface area contributed by atoms with E-state index in [0.29, 0.717) is 28.5 Å². The van der Waals surface area contributed by atoms with Gasteiger partial charge < -0.3 is 24.5 Å². The summed E-state index contributed by atoms with van der Waals surface area (Å²) in [5.74, 6) is 0.479. The van der Waals surface area contributed by atoms with Gasteiger partial charge in [-0.05, 0) is 54.6 Å². The summed E-state index contributed by atoms with van der Waals surface area (Å²) in [6, 6.07) is 21.1. The smallest absolute Gasteiger partial charge is 0.291 e. The second-order valence-corrected chi connectivity index (χ2v) is 7.73. The Kier molecular flexibility index (Phi) is 6.42. The molecular weight excluding hydrogens is 476 g/mol. The minimum atomic E-state index is -0.389. The molecule has 0 aliphatic heterocycles. The molecule has 0 saturated heterocycles. The van der Waals surface area contributed by atoms with E-state index in [2.05, 4.69) is 26.6 Å². The third-order valence-electron chi connectivity index (χ3n) is 4.53. The highest BCUT2D eigenvalue weighted by Crippen LogP contribution is 2.26. The van der Waals surface area contributed by atoms with E-state index in [0.717, 1.165) is 9.86 Å². The molecule has 0 aliphatic rings. The molecule has 8 heteroatoms. The molecule has 1 heterocycles. The normalized spacial score (nSPS) is 10.6. The van der Waals surface area contributed by atoms with Gasteiger partial charge >= 0.3 is 0 Å². The molecule has 2 amide bonds. The first-order valence-corrected chi connectivity index (χ1v) is 10.5. The number of amides is 2. The Bertz CT molecular complexity index is 1280. The number of nitrogens with one attached hydrogen (secondary N) is 2. The van der Waals surface area contributed by atoms with E-state index in [-0.39, 0.29) is 24.2 Å². The van der Waals surface area contributed by atoms with Crippen molar-refractivity contribution in [1.82, 2.24) is 0 Å². The van der Waals surface area contributed by atoms with Crippen molar-refractivity contribution in [3.63, 3.8) is 0 Å². The van der Waals surface area contributed by atoms with Gasteiger partial charge in [0.25, 0.3) is 11.8 Å². The van der Waals surface area contributed by atoms with Crippen LogP contribution in [0.2, 0.25) is 0 Å². The Balaban J connectivity index is 1.38. The van der Waals surface area contributed by atoms with Crippen molar-refractivity contribution in [2.45, 2.75) is 0 Å². The van der Waals surface area contributed by atoms with Crippen LogP contribution in [0.4, 0.5) is 11.4 Å². The number of benzene rings is 3. The summed E-state index contributed by atoms with van der Waals surface area (Å²) in [4.78, 5) is 24.9. The van der Waals surface area contributed by atoms with Gasteiger partial charge in [0.05, 0.1) is 7.11 Å². The first-order chi connectivity index (χ1) is 15.5. The van der Waals surface area contributed by atoms with Crippen molar-refractivity contribution >= 4 is 50.1 Å². The molecule has 4 aromatic rings. The number of para-hydroxylation sites is 2. The van der Waals surface area contributed by atoms with Crippen LogP contribution in [0.3, 0.4) is 0 Å². The quantitative estimate of drug-likeness (QED) is 0.355. The van der Waals surface area contributed by atoms with Crippen LogP contribution in [0.25, 0.3) is 11.0 Å². The van der Waals surface area contributed by atoms with Crippen LogP contribution >= 0.6 is 15.9 Å². The number of ether oxygens (including phenoxy) is 2. The number of carbonyl (C=O) groups is 2. The molecule has 0 spiro atoms. The summed E-state index contributed by atoms with van der Waals surface area (Å²) in [6.45, 7) is -0.189. The summed E-state index contributed by atoms with van der Waals surface area (Å²) >= 11 is 3.40. The third-order valence-corrected chi connectivity index (χ3v) is 5.03. The number of anilines is 2. The van der Waals surface area contributed by atoms with Gasteiger partial charge in [0.1, 0.15) is 5.58 Å². The standard InChI is InChI=1S/C24H19BrN2O5/c1-30-20-7-2-3-8-21(20)31-14-23(28)26-17-5-4-6-18(13-17)27-24(29)22-12-15-11-16(25)9-10-19(15)32-22/h2-13H,14H2,1H3,(H,26,28)(H,27,29). The summed E-state index contributed by atoms with van der Waals surface area (Å²) in [7, 11) is 1.53. The van der Waals surface area contributed by atoms with Gasteiger partial charge in [-0.2, -0.15) is 0 Å². The maximum absolute atomic E-state index is 12.6. The van der Waals surface area contributed by atoms with E-state index in [1.54, 1.807) is 54.6 Å². The van der Waals surface area contributed by atoms with Crippen LogP contribution in [0.1, 0.15) is 10.6 Å². The summed E-state index contributed by atoms with van der Waals surface area (Å²) in [5, 5.41) is 6.34. The topological polar surface area (TPSA) is 89.8 Å². The third kappa shape index (κ3) is 5.09. The summed E-state index contributed by atoms with van der Waals surface area (Å²) in [6.07, 6.45) is 0. The predicted octanol–water partition coefficient (Wildman–Crippen LogP) is 5.47. The fraction of sp³-hybridized carbons (Fsp3) is 0.0833. The number of methoxy groups -OCH3 is 1. The SMILES string of the molecule is COc1ccccc1OCC(=O)Nc1cccc(NC(=O)c2cc3cc(Br)ccc3o2)c1. The highest BCUT2D eigenvalue weighted by Gasteiger charge is 2.13. The lowest BCUT2D eigenvalue weighted by Crippen LogP contribution is -2.20. The van der Waals surface area contributed by atoms with Gasteiger partial charge in [-0.1, -0.05) is 34.1 Å². The van der Waals surface area contributed by atoms with E-state index in [1.807, 2.05) is 18.2 Å². The van der Waals surface area contributed by atoms with E-state index in [1.165, 1.54) is 7.11 Å². The lowest BCUT2D eigenvalue weighted by atomic mass is 10.2.